The van der Waals surface area contributed by atoms with Crippen molar-refractivity contribution in [3.63, 3.8) is 0 Å². The zero-order valence-electron chi connectivity index (χ0n) is 18.1. The van der Waals surface area contributed by atoms with E-state index in [1.54, 1.807) is 19.1 Å². The molecule has 1 aliphatic rings. The number of rotatable bonds is 5. The number of aryl methyl sites for hydroxylation is 1. The molecule has 4 rings (SSSR count). The number of ether oxygens (including phenoxy) is 2. The Morgan fingerprint density at radius 3 is 2.52 bits per heavy atom. The van der Waals surface area contributed by atoms with Crippen LogP contribution < -0.4 is 15.5 Å². The molecular weight excluding hydrogens is 430 g/mol. The van der Waals surface area contributed by atoms with Crippen LogP contribution in [0.5, 0.6) is 5.75 Å². The lowest BCUT2D eigenvalue weighted by Crippen LogP contribution is -2.65. The molecule has 0 spiro atoms. The van der Waals surface area contributed by atoms with Gasteiger partial charge in [0.05, 0.1) is 17.6 Å². The average Bonchev–Trinajstić information content (AvgIpc) is 2.79. The van der Waals surface area contributed by atoms with Crippen molar-refractivity contribution >= 4 is 16.9 Å². The monoisotopic (exact) mass is 455 g/mol. The van der Waals surface area contributed by atoms with Crippen molar-refractivity contribution in [2.75, 3.05) is 6.61 Å². The van der Waals surface area contributed by atoms with Gasteiger partial charge in [-0.25, -0.2) is 0 Å². The van der Waals surface area contributed by atoms with Gasteiger partial charge in [0.2, 0.25) is 17.6 Å². The minimum absolute atomic E-state index is 0.185. The zero-order valence-corrected chi connectivity index (χ0v) is 18.1. The van der Waals surface area contributed by atoms with Crippen LogP contribution in [0.2, 0.25) is 0 Å². The molecule has 0 aliphatic carbocycles. The van der Waals surface area contributed by atoms with E-state index in [9.17, 15) is 24.9 Å². The van der Waals surface area contributed by atoms with Gasteiger partial charge in [-0.05, 0) is 24.6 Å². The Morgan fingerprint density at radius 2 is 1.85 bits per heavy atom. The molecule has 9 heteroatoms. The topological polar surface area (TPSA) is 138 Å². The van der Waals surface area contributed by atoms with Crippen LogP contribution in [0.15, 0.2) is 57.7 Å². The van der Waals surface area contributed by atoms with Gasteiger partial charge in [0.1, 0.15) is 41.4 Å². The largest absolute Gasteiger partial charge is 0.462 e. The Morgan fingerprint density at radius 1 is 1.12 bits per heavy atom. The third-order valence-corrected chi connectivity index (χ3v) is 5.61. The summed E-state index contributed by atoms with van der Waals surface area (Å²) >= 11 is 0. The lowest BCUT2D eigenvalue weighted by Gasteiger charge is -2.42. The first-order valence-electron chi connectivity index (χ1n) is 10.5. The highest BCUT2D eigenvalue weighted by Crippen LogP contribution is 2.29. The van der Waals surface area contributed by atoms with E-state index in [0.717, 1.165) is 5.56 Å². The summed E-state index contributed by atoms with van der Waals surface area (Å²) in [6.07, 6.45) is -5.17. The van der Waals surface area contributed by atoms with Crippen molar-refractivity contribution in [2.24, 2.45) is 0 Å². The number of aliphatic hydroxyl groups is 3. The number of carbonyl (C=O) groups excluding carboxylic acids is 1. The van der Waals surface area contributed by atoms with Crippen molar-refractivity contribution in [3.8, 4) is 16.9 Å². The predicted octanol–water partition coefficient (Wildman–Crippen LogP) is 1.09. The summed E-state index contributed by atoms with van der Waals surface area (Å²) in [4.78, 5) is 24.7. The van der Waals surface area contributed by atoms with Gasteiger partial charge in [0, 0.05) is 13.0 Å². The minimum Gasteiger partial charge on any atom is -0.462 e. The number of amides is 1. The fourth-order valence-electron chi connectivity index (χ4n) is 4.00. The lowest BCUT2D eigenvalue weighted by molar-refractivity contribution is -0.244. The number of carbonyl (C=O) groups is 1. The van der Waals surface area contributed by atoms with E-state index in [2.05, 4.69) is 5.32 Å². The van der Waals surface area contributed by atoms with Crippen LogP contribution in [-0.2, 0) is 9.53 Å². The molecule has 2 aromatic carbocycles. The summed E-state index contributed by atoms with van der Waals surface area (Å²) in [5, 5.41) is 32.9. The highest BCUT2D eigenvalue weighted by Gasteiger charge is 2.46. The van der Waals surface area contributed by atoms with Crippen molar-refractivity contribution in [2.45, 2.75) is 44.5 Å². The van der Waals surface area contributed by atoms with Crippen LogP contribution in [0, 0.1) is 6.92 Å². The van der Waals surface area contributed by atoms with Gasteiger partial charge >= 0.3 is 0 Å². The molecule has 5 atom stereocenters. The summed E-state index contributed by atoms with van der Waals surface area (Å²) < 4.78 is 17.3. The molecule has 1 aromatic heterocycles. The fourth-order valence-corrected chi connectivity index (χ4v) is 4.00. The highest BCUT2D eigenvalue weighted by atomic mass is 16.7. The number of fused-ring (bicyclic) bond motifs is 1. The molecule has 33 heavy (non-hydrogen) atoms. The molecule has 5 unspecified atom stereocenters. The number of benzene rings is 2. The van der Waals surface area contributed by atoms with Gasteiger partial charge in [-0.3, -0.25) is 9.59 Å². The highest BCUT2D eigenvalue weighted by molar-refractivity contribution is 5.83. The molecule has 3 aromatic rings. The van der Waals surface area contributed by atoms with E-state index in [4.69, 9.17) is 13.9 Å². The van der Waals surface area contributed by atoms with Gasteiger partial charge < -0.3 is 34.5 Å². The molecule has 0 radical (unpaired) electrons. The maximum atomic E-state index is 13.1. The van der Waals surface area contributed by atoms with Gasteiger partial charge in [-0.2, -0.15) is 0 Å². The maximum absolute atomic E-state index is 13.1. The second-order valence-electron chi connectivity index (χ2n) is 7.94. The van der Waals surface area contributed by atoms with Crippen LogP contribution >= 0.6 is 0 Å². The summed E-state index contributed by atoms with van der Waals surface area (Å²) in [5.41, 5.74) is 1.33. The molecule has 1 aliphatic heterocycles. The molecule has 1 saturated heterocycles. The smallest absolute Gasteiger partial charge is 0.223 e. The van der Waals surface area contributed by atoms with Crippen molar-refractivity contribution < 1.29 is 34.0 Å². The van der Waals surface area contributed by atoms with E-state index in [-0.39, 0.29) is 11.2 Å². The van der Waals surface area contributed by atoms with E-state index in [1.807, 2.05) is 30.3 Å². The summed E-state index contributed by atoms with van der Waals surface area (Å²) in [6, 6.07) is 12.8. The van der Waals surface area contributed by atoms with Gasteiger partial charge in [-0.1, -0.05) is 30.3 Å². The molecule has 2 heterocycles. The number of hydrogen-bond donors (Lipinski definition) is 4. The van der Waals surface area contributed by atoms with Crippen LogP contribution in [0.4, 0.5) is 0 Å². The Bertz CT molecular complexity index is 1210. The Hall–Kier alpha value is -3.24. The SMILES string of the molecule is CC(=O)NC1C(Oc2ccc3c(=O)c(-c4ccccc4)c(C)oc3c2)OC(CO)C(O)C1O. The molecule has 9 nitrogen and oxygen atoms in total. The standard InChI is InChI=1S/C24H25NO8/c1-12-19(14-6-4-3-5-7-14)21(28)16-9-8-15(10-17(16)31-12)32-24-20(25-13(2)27)23(30)22(29)18(11-26)33-24/h3-10,18,20,22-24,26,29-30H,11H2,1-2H3,(H,25,27). The second kappa shape index (κ2) is 9.32. The molecule has 4 N–H and O–H groups in total. The number of aliphatic hydroxyl groups excluding tert-OH is 3. The molecule has 0 bridgehead atoms. The average molecular weight is 455 g/mol. The molecule has 174 valence electrons. The lowest BCUT2D eigenvalue weighted by atomic mass is 9.97. The predicted molar refractivity (Wildman–Crippen MR) is 119 cm³/mol. The first-order valence-corrected chi connectivity index (χ1v) is 10.5. The van der Waals surface area contributed by atoms with E-state index >= 15 is 0 Å². The third-order valence-electron chi connectivity index (χ3n) is 5.61. The van der Waals surface area contributed by atoms with E-state index < -0.39 is 43.2 Å². The Balaban J connectivity index is 1.68. The zero-order chi connectivity index (χ0) is 23.7. The van der Waals surface area contributed by atoms with Crippen molar-refractivity contribution in [1.29, 1.82) is 0 Å². The number of hydrogen-bond acceptors (Lipinski definition) is 8. The normalized spacial score (nSPS) is 25.1. The summed E-state index contributed by atoms with van der Waals surface area (Å²) in [6.45, 7) is 2.41. The quantitative estimate of drug-likeness (QED) is 0.449. The van der Waals surface area contributed by atoms with Crippen molar-refractivity contribution in [1.82, 2.24) is 5.32 Å². The first-order chi connectivity index (χ1) is 15.8. The van der Waals surface area contributed by atoms with Crippen LogP contribution in [0.1, 0.15) is 12.7 Å². The third kappa shape index (κ3) is 4.49. The van der Waals surface area contributed by atoms with Crippen LogP contribution in [0.25, 0.3) is 22.1 Å². The van der Waals surface area contributed by atoms with Crippen LogP contribution in [-0.4, -0.2) is 58.5 Å². The molecule has 1 fully saturated rings. The van der Waals surface area contributed by atoms with Gasteiger partial charge in [0.25, 0.3) is 0 Å². The van der Waals surface area contributed by atoms with Crippen LogP contribution in [0.3, 0.4) is 0 Å². The molecule has 1 amide bonds. The number of nitrogens with one attached hydrogen (secondary N) is 1. The van der Waals surface area contributed by atoms with Gasteiger partial charge in [-0.15, -0.1) is 0 Å². The second-order valence-corrected chi connectivity index (χ2v) is 7.94. The van der Waals surface area contributed by atoms with E-state index in [1.165, 1.54) is 13.0 Å². The first kappa shape index (κ1) is 22.9. The molecular formula is C24H25NO8. The maximum Gasteiger partial charge on any atom is 0.223 e. The minimum atomic E-state index is -1.43. The fraction of sp³-hybridized carbons (Fsp3) is 0.333. The van der Waals surface area contributed by atoms with Gasteiger partial charge in [0.15, 0.2) is 0 Å². The van der Waals surface area contributed by atoms with Crippen molar-refractivity contribution in [3.05, 3.63) is 64.5 Å². The molecule has 0 saturated carbocycles. The van der Waals surface area contributed by atoms with E-state index in [0.29, 0.717) is 22.3 Å². The summed E-state index contributed by atoms with van der Waals surface area (Å²) in [7, 11) is 0. The summed E-state index contributed by atoms with van der Waals surface area (Å²) in [5.74, 6) is 0.234. The Labute approximate surface area is 189 Å². The Kier molecular flexibility index (Phi) is 6.48.